The van der Waals surface area contributed by atoms with E-state index in [1.165, 1.54) is 6.42 Å². The van der Waals surface area contributed by atoms with Crippen LogP contribution in [0.3, 0.4) is 0 Å². The van der Waals surface area contributed by atoms with Gasteiger partial charge in [0.1, 0.15) is 6.07 Å². The molecule has 1 aromatic carbocycles. The molecule has 0 aliphatic carbocycles. The number of nitriles is 1. The lowest BCUT2D eigenvalue weighted by atomic mass is 9.99. The van der Waals surface area contributed by atoms with Gasteiger partial charge >= 0.3 is 0 Å². The summed E-state index contributed by atoms with van der Waals surface area (Å²) < 4.78 is 0. The van der Waals surface area contributed by atoms with Crippen LogP contribution in [0, 0.1) is 17.2 Å². The first-order valence-electron chi connectivity index (χ1n) is 7.16. The van der Waals surface area contributed by atoms with Gasteiger partial charge in [-0.3, -0.25) is 9.69 Å². The van der Waals surface area contributed by atoms with Crippen molar-refractivity contribution in [3.05, 3.63) is 29.8 Å². The zero-order chi connectivity index (χ0) is 14.5. The number of amides is 1. The maximum atomic E-state index is 12.3. The number of rotatable bonds is 3. The van der Waals surface area contributed by atoms with Crippen molar-refractivity contribution in [2.24, 2.45) is 5.92 Å². The highest BCUT2D eigenvalue weighted by Crippen LogP contribution is 2.19. The molecule has 1 N–H and O–H groups in total. The molecular weight excluding hydrogens is 250 g/mol. The summed E-state index contributed by atoms with van der Waals surface area (Å²) in [4.78, 5) is 14.5. The second-order valence-corrected chi connectivity index (χ2v) is 5.56. The van der Waals surface area contributed by atoms with Crippen molar-refractivity contribution in [3.63, 3.8) is 0 Å². The average Bonchev–Trinajstić information content (AvgIpc) is 2.47. The molecule has 0 bridgehead atoms. The number of nitrogens with zero attached hydrogens (tertiary/aromatic N) is 2. The van der Waals surface area contributed by atoms with Crippen LogP contribution < -0.4 is 5.32 Å². The SMILES string of the molecule is CC1CCCN(C(C)C(=O)Nc2ccccc2C#N)C1. The number of carbonyl (C=O) groups excluding carboxylic acids is 1. The van der Waals surface area contributed by atoms with Crippen molar-refractivity contribution < 1.29 is 4.79 Å². The first-order valence-corrected chi connectivity index (χ1v) is 7.16. The molecule has 0 radical (unpaired) electrons. The summed E-state index contributed by atoms with van der Waals surface area (Å²) in [5, 5.41) is 11.9. The van der Waals surface area contributed by atoms with Crippen LogP contribution in [0.15, 0.2) is 24.3 Å². The Balaban J connectivity index is 2.02. The summed E-state index contributed by atoms with van der Waals surface area (Å²) in [6.45, 7) is 6.09. The third kappa shape index (κ3) is 3.37. The summed E-state index contributed by atoms with van der Waals surface area (Å²) in [6, 6.07) is 9.03. The molecule has 1 fully saturated rings. The van der Waals surface area contributed by atoms with Gasteiger partial charge in [-0.2, -0.15) is 5.26 Å². The van der Waals surface area contributed by atoms with Gasteiger partial charge in [0, 0.05) is 6.54 Å². The Morgan fingerprint density at radius 1 is 1.50 bits per heavy atom. The molecule has 1 aliphatic rings. The number of anilines is 1. The van der Waals surface area contributed by atoms with E-state index in [-0.39, 0.29) is 11.9 Å². The molecule has 0 saturated carbocycles. The van der Waals surface area contributed by atoms with E-state index in [9.17, 15) is 4.79 Å². The molecule has 106 valence electrons. The van der Waals surface area contributed by atoms with Crippen molar-refractivity contribution in [1.29, 1.82) is 5.26 Å². The van der Waals surface area contributed by atoms with Crippen LogP contribution in [0.25, 0.3) is 0 Å². The van der Waals surface area contributed by atoms with E-state index in [0.717, 1.165) is 19.5 Å². The van der Waals surface area contributed by atoms with Crippen molar-refractivity contribution in [3.8, 4) is 6.07 Å². The molecule has 4 heteroatoms. The molecule has 0 spiro atoms. The van der Waals surface area contributed by atoms with Crippen LogP contribution in [0.2, 0.25) is 0 Å². The second-order valence-electron chi connectivity index (χ2n) is 5.56. The van der Waals surface area contributed by atoms with E-state index in [1.807, 2.05) is 13.0 Å². The summed E-state index contributed by atoms with van der Waals surface area (Å²) in [5.41, 5.74) is 1.09. The molecule has 4 nitrogen and oxygen atoms in total. The first-order chi connectivity index (χ1) is 9.61. The number of benzene rings is 1. The van der Waals surface area contributed by atoms with Gasteiger partial charge in [0.2, 0.25) is 5.91 Å². The molecular formula is C16H21N3O. The van der Waals surface area contributed by atoms with Gasteiger partial charge in [0.25, 0.3) is 0 Å². The number of nitrogens with one attached hydrogen (secondary N) is 1. The monoisotopic (exact) mass is 271 g/mol. The van der Waals surface area contributed by atoms with Crippen molar-refractivity contribution in [2.75, 3.05) is 18.4 Å². The highest BCUT2D eigenvalue weighted by Gasteiger charge is 2.25. The molecule has 1 saturated heterocycles. The maximum Gasteiger partial charge on any atom is 0.241 e. The minimum Gasteiger partial charge on any atom is -0.324 e. The van der Waals surface area contributed by atoms with Crippen molar-refractivity contribution in [2.45, 2.75) is 32.7 Å². The standard InChI is InChI=1S/C16H21N3O/c1-12-6-5-9-19(11-12)13(2)16(20)18-15-8-4-3-7-14(15)10-17/h3-4,7-8,12-13H,5-6,9,11H2,1-2H3,(H,18,20). The van der Waals surface area contributed by atoms with E-state index in [0.29, 0.717) is 17.2 Å². The topological polar surface area (TPSA) is 56.1 Å². The molecule has 1 heterocycles. The van der Waals surface area contributed by atoms with Crippen LogP contribution in [0.4, 0.5) is 5.69 Å². The Labute approximate surface area is 120 Å². The summed E-state index contributed by atoms with van der Waals surface area (Å²) in [7, 11) is 0. The van der Waals surface area contributed by atoms with Gasteiger partial charge in [-0.1, -0.05) is 19.1 Å². The number of para-hydroxylation sites is 1. The lowest BCUT2D eigenvalue weighted by Crippen LogP contribution is -2.46. The van der Waals surface area contributed by atoms with Crippen LogP contribution in [0.1, 0.15) is 32.3 Å². The zero-order valence-corrected chi connectivity index (χ0v) is 12.1. The Bertz CT molecular complexity index is 521. The number of carbonyl (C=O) groups is 1. The lowest BCUT2D eigenvalue weighted by molar-refractivity contribution is -0.121. The fourth-order valence-corrected chi connectivity index (χ4v) is 2.67. The maximum absolute atomic E-state index is 12.3. The van der Waals surface area contributed by atoms with Gasteiger partial charge in [-0.15, -0.1) is 0 Å². The molecule has 1 aliphatic heterocycles. The van der Waals surface area contributed by atoms with Gasteiger partial charge in [0.15, 0.2) is 0 Å². The highest BCUT2D eigenvalue weighted by atomic mass is 16.2. The normalized spacial score (nSPS) is 20.9. The third-order valence-corrected chi connectivity index (χ3v) is 3.92. The number of piperidine rings is 1. The highest BCUT2D eigenvalue weighted by molar-refractivity contribution is 5.95. The van der Waals surface area contributed by atoms with Gasteiger partial charge in [-0.05, 0) is 44.4 Å². The molecule has 2 atom stereocenters. The molecule has 1 amide bonds. The number of likely N-dealkylation sites (tertiary alicyclic amines) is 1. The summed E-state index contributed by atoms with van der Waals surface area (Å²) in [6.07, 6.45) is 2.38. The molecule has 20 heavy (non-hydrogen) atoms. The van der Waals surface area contributed by atoms with Crippen molar-refractivity contribution >= 4 is 11.6 Å². The summed E-state index contributed by atoms with van der Waals surface area (Å²) in [5.74, 6) is 0.604. The third-order valence-electron chi connectivity index (χ3n) is 3.92. The van der Waals surface area contributed by atoms with Gasteiger partial charge in [-0.25, -0.2) is 0 Å². The van der Waals surface area contributed by atoms with Gasteiger partial charge < -0.3 is 5.32 Å². The number of hydrogen-bond donors (Lipinski definition) is 1. The fraction of sp³-hybridized carbons (Fsp3) is 0.500. The quantitative estimate of drug-likeness (QED) is 0.919. The van der Waals surface area contributed by atoms with E-state index in [4.69, 9.17) is 5.26 Å². The lowest BCUT2D eigenvalue weighted by Gasteiger charge is -2.34. The minimum absolute atomic E-state index is 0.0400. The Morgan fingerprint density at radius 2 is 2.25 bits per heavy atom. The van der Waals surface area contributed by atoms with Crippen LogP contribution in [0.5, 0.6) is 0 Å². The second kappa shape index (κ2) is 6.53. The predicted molar refractivity (Wildman–Crippen MR) is 79.2 cm³/mol. The predicted octanol–water partition coefficient (Wildman–Crippen LogP) is 2.62. The van der Waals surface area contributed by atoms with Gasteiger partial charge in [0.05, 0.1) is 17.3 Å². The first kappa shape index (κ1) is 14.5. The fourth-order valence-electron chi connectivity index (χ4n) is 2.67. The smallest absolute Gasteiger partial charge is 0.241 e. The van der Waals surface area contributed by atoms with E-state index < -0.39 is 0 Å². The Hall–Kier alpha value is -1.86. The zero-order valence-electron chi connectivity index (χ0n) is 12.1. The van der Waals surface area contributed by atoms with Crippen molar-refractivity contribution in [1.82, 2.24) is 4.90 Å². The average molecular weight is 271 g/mol. The Kier molecular flexibility index (Phi) is 4.75. The molecule has 2 rings (SSSR count). The number of hydrogen-bond acceptors (Lipinski definition) is 3. The van der Waals surface area contributed by atoms with E-state index in [2.05, 4.69) is 23.2 Å². The molecule has 0 aromatic heterocycles. The van der Waals surface area contributed by atoms with E-state index >= 15 is 0 Å². The molecule has 1 aromatic rings. The van der Waals surface area contributed by atoms with E-state index in [1.54, 1.807) is 18.2 Å². The minimum atomic E-state index is -0.163. The summed E-state index contributed by atoms with van der Waals surface area (Å²) >= 11 is 0. The van der Waals surface area contributed by atoms with Crippen LogP contribution in [-0.4, -0.2) is 29.9 Å². The molecule has 2 unspecified atom stereocenters. The van der Waals surface area contributed by atoms with Crippen LogP contribution in [-0.2, 0) is 4.79 Å². The van der Waals surface area contributed by atoms with Crippen LogP contribution >= 0.6 is 0 Å². The largest absolute Gasteiger partial charge is 0.324 e. The Morgan fingerprint density at radius 3 is 2.95 bits per heavy atom.